The van der Waals surface area contributed by atoms with Crippen molar-refractivity contribution < 1.29 is 27.9 Å². The molecule has 36 heavy (non-hydrogen) atoms. The largest absolute Gasteiger partial charge is 0.478 e. The third-order valence-corrected chi connectivity index (χ3v) is 8.32. The highest BCUT2D eigenvalue weighted by Gasteiger charge is 2.37. The second-order valence-corrected chi connectivity index (χ2v) is 11.7. The third kappa shape index (κ3) is 8.08. The summed E-state index contributed by atoms with van der Waals surface area (Å²) >= 11 is 0. The van der Waals surface area contributed by atoms with Crippen LogP contribution in [0.15, 0.2) is 17.8 Å². The van der Waals surface area contributed by atoms with E-state index in [0.29, 0.717) is 38.4 Å². The first-order chi connectivity index (χ1) is 17.1. The number of amides is 1. The molecule has 1 amide bonds. The molecule has 1 aromatic rings. The van der Waals surface area contributed by atoms with Gasteiger partial charge in [-0.1, -0.05) is 19.1 Å². The molecule has 13 heteroatoms. The van der Waals surface area contributed by atoms with Crippen LogP contribution in [0.2, 0.25) is 0 Å². The number of sulfone groups is 1. The first-order valence-corrected chi connectivity index (χ1v) is 14.3. The Hall–Kier alpha value is -2.35. The highest BCUT2D eigenvalue weighted by atomic mass is 32.2. The van der Waals surface area contributed by atoms with E-state index in [1.165, 1.54) is 6.92 Å². The number of rotatable bonds is 12. The van der Waals surface area contributed by atoms with Gasteiger partial charge in [0.1, 0.15) is 0 Å². The fourth-order valence-corrected chi connectivity index (χ4v) is 5.82. The summed E-state index contributed by atoms with van der Waals surface area (Å²) in [4.78, 5) is 25.9. The van der Waals surface area contributed by atoms with Crippen molar-refractivity contribution in [2.24, 2.45) is 0 Å². The van der Waals surface area contributed by atoms with Crippen molar-refractivity contribution in [1.82, 2.24) is 30.5 Å². The van der Waals surface area contributed by atoms with Gasteiger partial charge >= 0.3 is 5.97 Å². The molecule has 1 saturated heterocycles. The summed E-state index contributed by atoms with van der Waals surface area (Å²) in [5, 5.41) is 24.3. The van der Waals surface area contributed by atoms with Crippen LogP contribution in [0.5, 0.6) is 0 Å². The summed E-state index contributed by atoms with van der Waals surface area (Å²) in [5.41, 5.74) is 0.930. The van der Waals surface area contributed by atoms with E-state index in [1.807, 2.05) is 20.0 Å². The van der Waals surface area contributed by atoms with Gasteiger partial charge in [-0.3, -0.25) is 14.4 Å². The molecular formula is C23H38N6O6S. The van der Waals surface area contributed by atoms with E-state index in [-0.39, 0.29) is 41.6 Å². The number of ether oxygens (including phenoxy) is 1. The second kappa shape index (κ2) is 12.7. The van der Waals surface area contributed by atoms with Gasteiger partial charge in [-0.15, -0.1) is 5.10 Å². The highest BCUT2D eigenvalue weighted by molar-refractivity contribution is 7.91. The summed E-state index contributed by atoms with van der Waals surface area (Å²) in [6.07, 6.45) is 4.61. The van der Waals surface area contributed by atoms with Crippen LogP contribution in [0, 0.1) is 0 Å². The molecule has 1 aliphatic heterocycles. The number of nitrogens with one attached hydrogen (secondary N) is 2. The molecule has 0 radical (unpaired) electrons. The van der Waals surface area contributed by atoms with E-state index in [1.54, 1.807) is 10.8 Å². The van der Waals surface area contributed by atoms with Crippen LogP contribution in [-0.4, -0.2) is 101 Å². The number of aromatic nitrogens is 3. The van der Waals surface area contributed by atoms with Crippen LogP contribution >= 0.6 is 0 Å². The van der Waals surface area contributed by atoms with Crippen LogP contribution in [0.25, 0.3) is 0 Å². The zero-order valence-electron chi connectivity index (χ0n) is 21.2. The highest BCUT2D eigenvalue weighted by Crippen LogP contribution is 2.25. The van der Waals surface area contributed by atoms with Crippen LogP contribution < -0.4 is 10.6 Å². The fourth-order valence-electron chi connectivity index (χ4n) is 4.55. The lowest BCUT2D eigenvalue weighted by Gasteiger charge is -2.38. The lowest BCUT2D eigenvalue weighted by atomic mass is 9.87. The first-order valence-electron chi connectivity index (χ1n) is 12.5. The molecule has 0 spiro atoms. The summed E-state index contributed by atoms with van der Waals surface area (Å²) in [7, 11) is -2.91. The Labute approximate surface area is 212 Å². The Morgan fingerprint density at radius 2 is 1.92 bits per heavy atom. The van der Waals surface area contributed by atoms with E-state index in [4.69, 9.17) is 4.74 Å². The summed E-state index contributed by atoms with van der Waals surface area (Å²) in [6.45, 7) is 8.12. The molecule has 0 saturated carbocycles. The molecule has 3 N–H and O–H groups in total. The Morgan fingerprint density at radius 1 is 1.22 bits per heavy atom. The SMILES string of the molecule is CCC(CC)O[C@@H]1C=C(C(=O)O)C[C@H](NCc2cn(CCN3CCS(=O)(=O)CC3)nn2)[C@H]1NC(C)=O. The molecule has 12 nitrogen and oxygen atoms in total. The Bertz CT molecular complexity index is 1020. The summed E-state index contributed by atoms with van der Waals surface area (Å²) < 4.78 is 31.1. The maximum absolute atomic E-state index is 12.0. The normalized spacial score (nSPS) is 24.4. The van der Waals surface area contributed by atoms with E-state index in [0.717, 1.165) is 12.8 Å². The van der Waals surface area contributed by atoms with Crippen molar-refractivity contribution in [3.8, 4) is 0 Å². The third-order valence-electron chi connectivity index (χ3n) is 6.71. The molecule has 202 valence electrons. The van der Waals surface area contributed by atoms with Gasteiger partial charge in [0.25, 0.3) is 0 Å². The molecule has 1 aromatic heterocycles. The second-order valence-electron chi connectivity index (χ2n) is 9.42. The molecule has 0 bridgehead atoms. The van der Waals surface area contributed by atoms with Crippen LogP contribution in [0.4, 0.5) is 0 Å². The number of hydrogen-bond acceptors (Lipinski definition) is 9. The van der Waals surface area contributed by atoms with Gasteiger partial charge in [-0.05, 0) is 25.3 Å². The van der Waals surface area contributed by atoms with Crippen molar-refractivity contribution in [3.63, 3.8) is 0 Å². The number of hydrogen-bond donors (Lipinski definition) is 3. The molecule has 3 rings (SSSR count). The Morgan fingerprint density at radius 3 is 2.53 bits per heavy atom. The quantitative estimate of drug-likeness (QED) is 0.338. The minimum absolute atomic E-state index is 0.0452. The zero-order valence-corrected chi connectivity index (χ0v) is 22.0. The number of carbonyl (C=O) groups is 2. The van der Waals surface area contributed by atoms with Gasteiger partial charge in [0.2, 0.25) is 5.91 Å². The van der Waals surface area contributed by atoms with Crippen molar-refractivity contribution in [3.05, 3.63) is 23.5 Å². The van der Waals surface area contributed by atoms with Gasteiger partial charge < -0.3 is 20.5 Å². The standard InChI is InChI=1S/C23H38N6O6S/c1-4-19(5-2)35-21-13-17(23(31)32)12-20(22(21)25-16(3)30)24-14-18-15-29(27-26-18)7-6-28-8-10-36(33,34)11-9-28/h13,15,19-22,24H,4-12,14H2,1-3H3,(H,25,30)(H,31,32)/t20-,21+,22+/m0/s1. The molecule has 0 aromatic carbocycles. The zero-order chi connectivity index (χ0) is 26.3. The number of aliphatic carboxylic acids is 1. The Kier molecular flexibility index (Phi) is 10.00. The van der Waals surface area contributed by atoms with Crippen molar-refractivity contribution in [1.29, 1.82) is 0 Å². The first kappa shape index (κ1) is 28.2. The van der Waals surface area contributed by atoms with Crippen LogP contribution in [0.3, 0.4) is 0 Å². The van der Waals surface area contributed by atoms with Crippen molar-refractivity contribution in [2.75, 3.05) is 31.1 Å². The summed E-state index contributed by atoms with van der Waals surface area (Å²) in [6, 6.07) is -0.804. The predicted octanol–water partition coefficient (Wildman–Crippen LogP) is -0.0401. The monoisotopic (exact) mass is 526 g/mol. The smallest absolute Gasteiger partial charge is 0.331 e. The fraction of sp³-hybridized carbons (Fsp3) is 0.739. The maximum Gasteiger partial charge on any atom is 0.331 e. The lowest BCUT2D eigenvalue weighted by molar-refractivity contribution is -0.133. The minimum atomic E-state index is -2.91. The van der Waals surface area contributed by atoms with E-state index >= 15 is 0 Å². The number of nitrogens with zero attached hydrogens (tertiary/aromatic N) is 4. The topological polar surface area (TPSA) is 156 Å². The van der Waals surface area contributed by atoms with E-state index < -0.39 is 28.0 Å². The van der Waals surface area contributed by atoms with Crippen LogP contribution in [0.1, 0.15) is 45.7 Å². The molecule has 2 heterocycles. The maximum atomic E-state index is 12.0. The van der Waals surface area contributed by atoms with Gasteiger partial charge in [0, 0.05) is 50.9 Å². The molecule has 0 unspecified atom stereocenters. The van der Waals surface area contributed by atoms with Crippen LogP contribution in [-0.2, 0) is 37.3 Å². The average Bonchev–Trinajstić information content (AvgIpc) is 3.29. The molecular weight excluding hydrogens is 488 g/mol. The number of carboxylic acid groups (broad SMARTS) is 1. The molecule has 3 atom stereocenters. The Balaban J connectivity index is 1.62. The van der Waals surface area contributed by atoms with Crippen molar-refractivity contribution >= 4 is 21.7 Å². The average molecular weight is 527 g/mol. The predicted molar refractivity (Wildman–Crippen MR) is 133 cm³/mol. The number of carbonyl (C=O) groups excluding carboxylic acids is 1. The van der Waals surface area contributed by atoms with Gasteiger partial charge in [0.15, 0.2) is 9.84 Å². The van der Waals surface area contributed by atoms with E-state index in [2.05, 4.69) is 25.8 Å². The summed E-state index contributed by atoms with van der Waals surface area (Å²) in [5.74, 6) is -0.845. The van der Waals surface area contributed by atoms with Crippen molar-refractivity contribution in [2.45, 2.75) is 77.4 Å². The van der Waals surface area contributed by atoms with Gasteiger partial charge in [-0.25, -0.2) is 13.2 Å². The lowest BCUT2D eigenvalue weighted by Crippen LogP contribution is -2.58. The molecule has 1 fully saturated rings. The van der Waals surface area contributed by atoms with E-state index in [9.17, 15) is 23.1 Å². The molecule has 2 aliphatic rings. The van der Waals surface area contributed by atoms with Gasteiger partial charge in [-0.2, -0.15) is 0 Å². The molecule has 1 aliphatic carbocycles. The number of carboxylic acids is 1. The van der Waals surface area contributed by atoms with Gasteiger partial charge in [0.05, 0.1) is 42.0 Å². The minimum Gasteiger partial charge on any atom is -0.478 e.